The summed E-state index contributed by atoms with van der Waals surface area (Å²) in [6, 6.07) is 11.4. The van der Waals surface area contributed by atoms with Gasteiger partial charge in [-0.05, 0) is 26.0 Å². The van der Waals surface area contributed by atoms with Crippen molar-refractivity contribution in [2.24, 2.45) is 0 Å². The smallest absolute Gasteiger partial charge is 0.275 e. The Labute approximate surface area is 169 Å². The van der Waals surface area contributed by atoms with Crippen LogP contribution in [0.4, 0.5) is 5.95 Å². The van der Waals surface area contributed by atoms with E-state index in [0.29, 0.717) is 56.2 Å². The molecule has 1 aromatic carbocycles. The number of anilines is 1. The molecule has 0 unspecified atom stereocenters. The first-order valence-electron chi connectivity index (χ1n) is 9.67. The van der Waals surface area contributed by atoms with Crippen molar-refractivity contribution in [2.45, 2.75) is 13.8 Å². The van der Waals surface area contributed by atoms with Crippen LogP contribution in [-0.2, 0) is 0 Å². The van der Waals surface area contributed by atoms with Gasteiger partial charge in [-0.1, -0.05) is 18.2 Å². The van der Waals surface area contributed by atoms with Crippen molar-refractivity contribution in [3.8, 4) is 17.3 Å². The predicted octanol–water partition coefficient (Wildman–Crippen LogP) is 2.80. The van der Waals surface area contributed by atoms with Gasteiger partial charge in [0, 0.05) is 43.5 Å². The second-order valence-corrected chi connectivity index (χ2v) is 6.76. The highest BCUT2D eigenvalue weighted by molar-refractivity contribution is 5.92. The molecular formula is C21H23N5O3. The Morgan fingerprint density at radius 2 is 1.86 bits per heavy atom. The zero-order chi connectivity index (χ0) is 20.2. The molecule has 0 aliphatic carbocycles. The number of rotatable bonds is 5. The quantitative estimate of drug-likeness (QED) is 0.659. The molecule has 1 amide bonds. The third kappa shape index (κ3) is 4.21. The summed E-state index contributed by atoms with van der Waals surface area (Å²) in [5, 5.41) is 0. The Morgan fingerprint density at radius 3 is 2.59 bits per heavy atom. The highest BCUT2D eigenvalue weighted by Crippen LogP contribution is 2.20. The Bertz CT molecular complexity index is 981. The lowest BCUT2D eigenvalue weighted by atomic mass is 10.2. The number of carbonyl (C=O) groups excluding carboxylic acids is 1. The minimum absolute atomic E-state index is 0.129. The number of amides is 1. The van der Waals surface area contributed by atoms with Gasteiger partial charge in [-0.2, -0.15) is 4.98 Å². The van der Waals surface area contributed by atoms with Crippen LogP contribution >= 0.6 is 0 Å². The Morgan fingerprint density at radius 1 is 1.10 bits per heavy atom. The van der Waals surface area contributed by atoms with Gasteiger partial charge in [-0.15, -0.1) is 0 Å². The molecule has 3 aromatic rings. The van der Waals surface area contributed by atoms with E-state index in [0.717, 1.165) is 11.3 Å². The molecule has 150 valence electrons. The first-order chi connectivity index (χ1) is 14.1. The van der Waals surface area contributed by atoms with Crippen molar-refractivity contribution in [3.05, 3.63) is 54.0 Å². The van der Waals surface area contributed by atoms with E-state index >= 15 is 0 Å². The van der Waals surface area contributed by atoms with E-state index in [1.54, 1.807) is 4.90 Å². The van der Waals surface area contributed by atoms with Crippen LogP contribution in [0.1, 0.15) is 23.1 Å². The molecule has 3 heterocycles. The van der Waals surface area contributed by atoms with Crippen molar-refractivity contribution in [1.82, 2.24) is 19.9 Å². The van der Waals surface area contributed by atoms with Gasteiger partial charge in [0.2, 0.25) is 17.7 Å². The second-order valence-electron chi connectivity index (χ2n) is 6.76. The Hall–Kier alpha value is -3.42. The van der Waals surface area contributed by atoms with E-state index in [-0.39, 0.29) is 5.91 Å². The lowest BCUT2D eigenvalue weighted by Crippen LogP contribution is -2.49. The number of piperazine rings is 1. The van der Waals surface area contributed by atoms with Gasteiger partial charge in [-0.25, -0.2) is 9.97 Å². The summed E-state index contributed by atoms with van der Waals surface area (Å²) in [7, 11) is 0. The topological polar surface area (TPSA) is 84.6 Å². The van der Waals surface area contributed by atoms with Crippen molar-refractivity contribution in [1.29, 1.82) is 0 Å². The number of hydrogen-bond donors (Lipinski definition) is 0. The average Bonchev–Trinajstić information content (AvgIpc) is 3.24. The van der Waals surface area contributed by atoms with Crippen LogP contribution < -0.4 is 9.64 Å². The minimum Gasteiger partial charge on any atom is -0.478 e. The first-order valence-corrected chi connectivity index (χ1v) is 9.67. The van der Waals surface area contributed by atoms with E-state index in [4.69, 9.17) is 9.15 Å². The summed E-state index contributed by atoms with van der Waals surface area (Å²) in [4.78, 5) is 30.0. The number of nitrogens with zero attached hydrogens (tertiary/aromatic N) is 5. The Kier molecular flexibility index (Phi) is 5.41. The van der Waals surface area contributed by atoms with Gasteiger partial charge >= 0.3 is 0 Å². The van der Waals surface area contributed by atoms with Crippen LogP contribution in [0.2, 0.25) is 0 Å². The number of carbonyl (C=O) groups is 1. The molecular weight excluding hydrogens is 370 g/mol. The van der Waals surface area contributed by atoms with Crippen LogP contribution in [0, 0.1) is 6.92 Å². The maximum Gasteiger partial charge on any atom is 0.275 e. The molecule has 0 radical (unpaired) electrons. The molecule has 8 nitrogen and oxygen atoms in total. The summed E-state index contributed by atoms with van der Waals surface area (Å²) in [5.74, 6) is 1.53. The summed E-state index contributed by atoms with van der Waals surface area (Å²) in [6.07, 6.45) is 1.43. The molecule has 2 aromatic heterocycles. The number of ether oxygens (including phenoxy) is 1. The van der Waals surface area contributed by atoms with Crippen LogP contribution in [0.3, 0.4) is 0 Å². The zero-order valence-electron chi connectivity index (χ0n) is 16.5. The minimum atomic E-state index is -0.129. The molecule has 0 atom stereocenters. The van der Waals surface area contributed by atoms with Crippen LogP contribution in [0.5, 0.6) is 5.88 Å². The number of oxazole rings is 1. The highest BCUT2D eigenvalue weighted by atomic mass is 16.5. The fourth-order valence-electron chi connectivity index (χ4n) is 3.24. The number of aromatic nitrogens is 3. The molecule has 1 fully saturated rings. The average molecular weight is 393 g/mol. The summed E-state index contributed by atoms with van der Waals surface area (Å²) in [5.41, 5.74) is 2.02. The molecule has 0 N–H and O–H groups in total. The molecule has 0 saturated carbocycles. The molecule has 8 heteroatoms. The summed E-state index contributed by atoms with van der Waals surface area (Å²) >= 11 is 0. The van der Waals surface area contributed by atoms with Crippen LogP contribution in [-0.4, -0.2) is 58.5 Å². The molecule has 1 aliphatic heterocycles. The lowest BCUT2D eigenvalue weighted by molar-refractivity contribution is 0.0740. The fourth-order valence-corrected chi connectivity index (χ4v) is 3.24. The predicted molar refractivity (Wildman–Crippen MR) is 108 cm³/mol. The van der Waals surface area contributed by atoms with E-state index in [1.165, 1.54) is 6.26 Å². The van der Waals surface area contributed by atoms with E-state index < -0.39 is 0 Å². The van der Waals surface area contributed by atoms with Gasteiger partial charge < -0.3 is 19.0 Å². The second kappa shape index (κ2) is 8.30. The number of benzene rings is 1. The number of aryl methyl sites for hydroxylation is 1. The zero-order valence-corrected chi connectivity index (χ0v) is 16.5. The standard InChI is InChI=1S/C21H23N5O3/c1-3-28-18-13-15(2)22-21(24-18)26-11-9-25(10-12-26)20(27)17-14-29-19(23-17)16-7-5-4-6-8-16/h4-8,13-14H,3,9-12H2,1-2H3. The summed E-state index contributed by atoms with van der Waals surface area (Å²) < 4.78 is 11.0. The van der Waals surface area contributed by atoms with Crippen LogP contribution in [0.15, 0.2) is 47.1 Å². The largest absolute Gasteiger partial charge is 0.478 e. The van der Waals surface area contributed by atoms with E-state index in [9.17, 15) is 4.79 Å². The van der Waals surface area contributed by atoms with Gasteiger partial charge in [-0.3, -0.25) is 4.79 Å². The van der Waals surface area contributed by atoms with Crippen molar-refractivity contribution in [2.75, 3.05) is 37.7 Å². The Balaban J connectivity index is 1.41. The molecule has 0 spiro atoms. The van der Waals surface area contributed by atoms with Crippen molar-refractivity contribution >= 4 is 11.9 Å². The van der Waals surface area contributed by atoms with Gasteiger partial charge in [0.25, 0.3) is 5.91 Å². The lowest BCUT2D eigenvalue weighted by Gasteiger charge is -2.34. The van der Waals surface area contributed by atoms with E-state index in [2.05, 4.69) is 19.9 Å². The highest BCUT2D eigenvalue weighted by Gasteiger charge is 2.26. The molecule has 29 heavy (non-hydrogen) atoms. The van der Waals surface area contributed by atoms with Crippen molar-refractivity contribution in [3.63, 3.8) is 0 Å². The van der Waals surface area contributed by atoms with Gasteiger partial charge in [0.1, 0.15) is 6.26 Å². The maximum atomic E-state index is 12.8. The molecule has 1 aliphatic rings. The maximum absolute atomic E-state index is 12.8. The van der Waals surface area contributed by atoms with Crippen molar-refractivity contribution < 1.29 is 13.9 Å². The van der Waals surface area contributed by atoms with Gasteiger partial charge in [0.15, 0.2) is 5.69 Å². The molecule has 4 rings (SSSR count). The molecule has 1 saturated heterocycles. The normalized spacial score (nSPS) is 14.1. The first kappa shape index (κ1) is 18.9. The third-order valence-electron chi connectivity index (χ3n) is 4.70. The van der Waals surface area contributed by atoms with E-state index in [1.807, 2.05) is 50.2 Å². The molecule has 0 bridgehead atoms. The van der Waals surface area contributed by atoms with Crippen LogP contribution in [0.25, 0.3) is 11.5 Å². The monoisotopic (exact) mass is 393 g/mol. The number of hydrogen-bond acceptors (Lipinski definition) is 7. The SMILES string of the molecule is CCOc1cc(C)nc(N2CCN(C(=O)c3coc(-c4ccccc4)n3)CC2)n1. The third-order valence-corrected chi connectivity index (χ3v) is 4.70. The fraction of sp³-hybridized carbons (Fsp3) is 0.333. The summed E-state index contributed by atoms with van der Waals surface area (Å²) in [6.45, 7) is 6.81. The van der Waals surface area contributed by atoms with Gasteiger partial charge in [0.05, 0.1) is 6.61 Å².